The van der Waals surface area contributed by atoms with E-state index in [4.69, 9.17) is 0 Å². The molecule has 1 aliphatic rings. The fourth-order valence-electron chi connectivity index (χ4n) is 2.87. The van der Waals surface area contributed by atoms with Gasteiger partial charge in [0, 0.05) is 33.2 Å². The highest BCUT2D eigenvalue weighted by atomic mass is 32.2. The minimum absolute atomic E-state index is 0.0360. The van der Waals surface area contributed by atoms with E-state index < -0.39 is 28.1 Å². The van der Waals surface area contributed by atoms with Gasteiger partial charge in [0.15, 0.2) is 0 Å². The highest BCUT2D eigenvalue weighted by Crippen LogP contribution is 2.32. The molecule has 25 heavy (non-hydrogen) atoms. The van der Waals surface area contributed by atoms with Gasteiger partial charge in [-0.1, -0.05) is 19.9 Å². The summed E-state index contributed by atoms with van der Waals surface area (Å²) < 4.78 is 66.6. The minimum Gasteiger partial charge on any atom is -0.355 e. The van der Waals surface area contributed by atoms with Crippen LogP contribution in [-0.2, 0) is 16.4 Å². The number of alkyl halides is 3. The molecular weight excluding hydrogens is 357 g/mol. The lowest BCUT2D eigenvalue weighted by atomic mass is 9.92. The monoisotopic (exact) mass is 380 g/mol. The Labute approximate surface area is 146 Å². The van der Waals surface area contributed by atoms with Crippen molar-refractivity contribution < 1.29 is 21.6 Å². The minimum atomic E-state index is -4.51. The van der Waals surface area contributed by atoms with Crippen molar-refractivity contribution in [3.8, 4) is 0 Å². The molecular formula is C15H23F3N4O2S. The smallest absolute Gasteiger partial charge is 0.355 e. The van der Waals surface area contributed by atoms with Crippen LogP contribution in [0.4, 0.5) is 19.0 Å². The third-order valence-corrected chi connectivity index (χ3v) is 5.91. The van der Waals surface area contributed by atoms with Gasteiger partial charge in [-0.25, -0.2) is 4.98 Å². The number of rotatable bonds is 5. The van der Waals surface area contributed by atoms with Crippen LogP contribution >= 0.6 is 0 Å². The molecule has 2 atom stereocenters. The summed E-state index contributed by atoms with van der Waals surface area (Å²) in [6.07, 6.45) is -4.51. The Bertz CT molecular complexity index is 707. The lowest BCUT2D eigenvalue weighted by molar-refractivity contribution is -0.141. The molecule has 10 heteroatoms. The molecule has 0 radical (unpaired) electrons. The molecule has 1 aromatic rings. The van der Waals surface area contributed by atoms with E-state index in [-0.39, 0.29) is 24.2 Å². The molecule has 0 unspecified atom stereocenters. The maximum atomic E-state index is 12.9. The molecule has 2 rings (SSSR count). The van der Waals surface area contributed by atoms with E-state index in [2.05, 4.69) is 9.71 Å². The Kier molecular flexibility index (Phi) is 5.65. The fraction of sp³-hybridized carbons (Fsp3) is 0.667. The standard InChI is InChI=1S/C15H23F3N4O2S/c1-10(2)11-8-22(9-12(11)20-25(23,24)21(3)4)14-7-5-6-13(19-14)15(16,17)18/h5-7,10-12,20H,8-9H2,1-4H3/t11-,12+/m0/s1. The summed E-state index contributed by atoms with van der Waals surface area (Å²) in [6, 6.07) is 3.34. The topological polar surface area (TPSA) is 65.5 Å². The highest BCUT2D eigenvalue weighted by Gasteiger charge is 2.39. The SMILES string of the molecule is CC(C)[C@@H]1CN(c2cccc(C(F)(F)F)n2)C[C@H]1NS(=O)(=O)N(C)C. The summed E-state index contributed by atoms with van der Waals surface area (Å²) in [7, 11) is -0.780. The van der Waals surface area contributed by atoms with Gasteiger partial charge in [0.2, 0.25) is 0 Å². The number of nitrogens with zero attached hydrogens (tertiary/aromatic N) is 3. The zero-order valence-corrected chi connectivity index (χ0v) is 15.4. The number of nitrogens with one attached hydrogen (secondary N) is 1. The quantitative estimate of drug-likeness (QED) is 0.848. The Morgan fingerprint density at radius 2 is 1.92 bits per heavy atom. The van der Waals surface area contributed by atoms with E-state index in [1.165, 1.54) is 26.2 Å². The zero-order valence-electron chi connectivity index (χ0n) is 14.6. The maximum Gasteiger partial charge on any atom is 0.433 e. The molecule has 1 fully saturated rings. The van der Waals surface area contributed by atoms with E-state index in [0.717, 1.165) is 10.4 Å². The number of hydrogen-bond acceptors (Lipinski definition) is 4. The fourth-order valence-corrected chi connectivity index (χ4v) is 3.71. The Hall–Kier alpha value is -1.39. The molecule has 1 saturated heterocycles. The van der Waals surface area contributed by atoms with E-state index >= 15 is 0 Å². The lowest BCUT2D eigenvalue weighted by Gasteiger charge is -2.24. The van der Waals surface area contributed by atoms with Gasteiger partial charge in [-0.3, -0.25) is 0 Å². The average Bonchev–Trinajstić information content (AvgIpc) is 2.89. The maximum absolute atomic E-state index is 12.9. The largest absolute Gasteiger partial charge is 0.433 e. The Morgan fingerprint density at radius 1 is 1.28 bits per heavy atom. The van der Waals surface area contributed by atoms with Crippen LogP contribution in [0.5, 0.6) is 0 Å². The van der Waals surface area contributed by atoms with Gasteiger partial charge in [-0.15, -0.1) is 0 Å². The molecule has 6 nitrogen and oxygen atoms in total. The van der Waals surface area contributed by atoms with Crippen LogP contribution in [0.25, 0.3) is 0 Å². The van der Waals surface area contributed by atoms with Crippen molar-refractivity contribution in [2.45, 2.75) is 26.1 Å². The molecule has 142 valence electrons. The molecule has 1 aliphatic heterocycles. The highest BCUT2D eigenvalue weighted by molar-refractivity contribution is 7.87. The first kappa shape index (κ1) is 19.9. The number of hydrogen-bond donors (Lipinski definition) is 1. The summed E-state index contributed by atoms with van der Waals surface area (Å²) in [6.45, 7) is 4.63. The predicted molar refractivity (Wildman–Crippen MR) is 89.3 cm³/mol. The second-order valence-electron chi connectivity index (χ2n) is 6.70. The second-order valence-corrected chi connectivity index (χ2v) is 8.62. The molecule has 0 amide bonds. The molecule has 1 aromatic heterocycles. The van der Waals surface area contributed by atoms with Crippen LogP contribution in [0.2, 0.25) is 0 Å². The van der Waals surface area contributed by atoms with Crippen LogP contribution in [0.3, 0.4) is 0 Å². The van der Waals surface area contributed by atoms with Crippen LogP contribution in [-0.4, -0.2) is 50.9 Å². The van der Waals surface area contributed by atoms with Crippen molar-refractivity contribution in [3.05, 3.63) is 23.9 Å². The zero-order chi connectivity index (χ0) is 19.0. The van der Waals surface area contributed by atoms with Crippen molar-refractivity contribution in [3.63, 3.8) is 0 Å². The molecule has 1 N–H and O–H groups in total. The molecule has 0 spiro atoms. The van der Waals surface area contributed by atoms with Crippen molar-refractivity contribution >= 4 is 16.0 Å². The van der Waals surface area contributed by atoms with E-state index in [9.17, 15) is 21.6 Å². The summed E-state index contributed by atoms with van der Waals surface area (Å²) in [5, 5.41) is 0. The van der Waals surface area contributed by atoms with E-state index in [1.54, 1.807) is 4.90 Å². The molecule has 0 saturated carbocycles. The summed E-state index contributed by atoms with van der Waals surface area (Å²) >= 11 is 0. The third-order valence-electron chi connectivity index (χ3n) is 4.35. The lowest BCUT2D eigenvalue weighted by Crippen LogP contribution is -2.46. The first-order valence-electron chi connectivity index (χ1n) is 7.91. The first-order chi connectivity index (χ1) is 11.4. The molecule has 0 bridgehead atoms. The molecule has 0 aromatic carbocycles. The predicted octanol–water partition coefficient (Wildman–Crippen LogP) is 1.96. The van der Waals surface area contributed by atoms with E-state index in [1.807, 2.05) is 13.8 Å². The normalized spacial score (nSPS) is 22.2. The number of halogens is 3. The Balaban J connectivity index is 2.25. The van der Waals surface area contributed by atoms with Gasteiger partial charge in [0.1, 0.15) is 11.5 Å². The van der Waals surface area contributed by atoms with Crippen LogP contribution in [0.1, 0.15) is 19.5 Å². The number of aromatic nitrogens is 1. The Morgan fingerprint density at radius 3 is 2.44 bits per heavy atom. The van der Waals surface area contributed by atoms with Gasteiger partial charge in [0.05, 0.1) is 0 Å². The van der Waals surface area contributed by atoms with Gasteiger partial charge in [-0.2, -0.15) is 30.6 Å². The molecule has 0 aliphatic carbocycles. The average molecular weight is 380 g/mol. The van der Waals surface area contributed by atoms with Crippen molar-refractivity contribution in [2.24, 2.45) is 11.8 Å². The first-order valence-corrected chi connectivity index (χ1v) is 9.35. The number of pyridine rings is 1. The molecule has 2 heterocycles. The van der Waals surface area contributed by atoms with Crippen LogP contribution in [0, 0.1) is 11.8 Å². The van der Waals surface area contributed by atoms with E-state index in [0.29, 0.717) is 6.54 Å². The van der Waals surface area contributed by atoms with Gasteiger partial charge >= 0.3 is 6.18 Å². The van der Waals surface area contributed by atoms with Gasteiger partial charge in [-0.05, 0) is 24.0 Å². The second kappa shape index (κ2) is 7.08. The van der Waals surface area contributed by atoms with Crippen molar-refractivity contribution in [1.82, 2.24) is 14.0 Å². The van der Waals surface area contributed by atoms with Crippen LogP contribution in [0.15, 0.2) is 18.2 Å². The van der Waals surface area contributed by atoms with Crippen LogP contribution < -0.4 is 9.62 Å². The summed E-state index contributed by atoms with van der Waals surface area (Å²) in [5.41, 5.74) is -0.955. The van der Waals surface area contributed by atoms with Gasteiger partial charge < -0.3 is 4.90 Å². The third kappa shape index (κ3) is 4.62. The van der Waals surface area contributed by atoms with Crippen molar-refractivity contribution in [1.29, 1.82) is 0 Å². The van der Waals surface area contributed by atoms with Crippen molar-refractivity contribution in [2.75, 3.05) is 32.1 Å². The summed E-state index contributed by atoms with van der Waals surface area (Å²) in [5.74, 6) is 0.323. The summed E-state index contributed by atoms with van der Waals surface area (Å²) in [4.78, 5) is 5.40. The number of anilines is 1. The van der Waals surface area contributed by atoms with Gasteiger partial charge in [0.25, 0.3) is 10.2 Å².